The van der Waals surface area contributed by atoms with Gasteiger partial charge >= 0.3 is 0 Å². The van der Waals surface area contributed by atoms with E-state index in [0.29, 0.717) is 34.9 Å². The predicted octanol–water partition coefficient (Wildman–Crippen LogP) is 4.48. The first-order valence-electron chi connectivity index (χ1n) is 14.3. The summed E-state index contributed by atoms with van der Waals surface area (Å²) in [6, 6.07) is 0. The fraction of sp³-hybridized carbons (Fsp3) is 0.967. The second-order valence-corrected chi connectivity index (χ2v) is 15.3. The number of carbonyl (C=O) groups excluding carboxylic acids is 1. The van der Waals surface area contributed by atoms with Crippen LogP contribution in [0.2, 0.25) is 0 Å². The van der Waals surface area contributed by atoms with E-state index in [9.17, 15) is 25.2 Å². The second-order valence-electron chi connectivity index (χ2n) is 15.3. The maximum absolute atomic E-state index is 12.9. The molecule has 5 nitrogen and oxygen atoms in total. The Kier molecular flexibility index (Phi) is 5.63. The molecule has 5 heteroatoms. The van der Waals surface area contributed by atoms with Gasteiger partial charge < -0.3 is 20.4 Å². The Labute approximate surface area is 212 Å². The average molecular weight is 491 g/mol. The van der Waals surface area contributed by atoms with Gasteiger partial charge in [-0.2, -0.15) is 0 Å². The number of hydrogen-bond acceptors (Lipinski definition) is 5. The molecule has 2 spiro atoms. The molecular weight excluding hydrogens is 440 g/mol. The van der Waals surface area contributed by atoms with Gasteiger partial charge in [-0.15, -0.1) is 0 Å². The van der Waals surface area contributed by atoms with E-state index in [0.717, 1.165) is 38.5 Å². The monoisotopic (exact) mass is 490 g/mol. The zero-order valence-corrected chi connectivity index (χ0v) is 23.1. The summed E-state index contributed by atoms with van der Waals surface area (Å²) in [4.78, 5) is 12.9. The van der Waals surface area contributed by atoms with E-state index in [-0.39, 0.29) is 28.1 Å². The van der Waals surface area contributed by atoms with Crippen molar-refractivity contribution < 1.29 is 25.2 Å². The lowest BCUT2D eigenvalue weighted by molar-refractivity contribution is -0.158. The molecule has 0 amide bonds. The summed E-state index contributed by atoms with van der Waals surface area (Å²) in [6.45, 7) is 14.4. The molecule has 200 valence electrons. The highest BCUT2D eigenvalue weighted by molar-refractivity contribution is 5.86. The van der Waals surface area contributed by atoms with Gasteiger partial charge in [-0.1, -0.05) is 34.6 Å². The van der Waals surface area contributed by atoms with Gasteiger partial charge in [0.25, 0.3) is 0 Å². The van der Waals surface area contributed by atoms with Crippen molar-refractivity contribution in [1.29, 1.82) is 0 Å². The number of hydrogen-bond donors (Lipinski definition) is 4. The Morgan fingerprint density at radius 3 is 2.20 bits per heavy atom. The maximum atomic E-state index is 12.9. The molecule has 11 atom stereocenters. The molecule has 11 unspecified atom stereocenters. The van der Waals surface area contributed by atoms with Crippen LogP contribution < -0.4 is 0 Å². The van der Waals surface area contributed by atoms with Crippen molar-refractivity contribution in [3.8, 4) is 0 Å². The van der Waals surface area contributed by atoms with Crippen LogP contribution in [0.5, 0.6) is 0 Å². The summed E-state index contributed by atoms with van der Waals surface area (Å²) < 4.78 is 0. The lowest BCUT2D eigenvalue weighted by atomic mass is 9.42. The molecule has 0 radical (unpaired) electrons. The number of aliphatic hydroxyl groups excluding tert-OH is 3. The molecular formula is C30H50O5. The van der Waals surface area contributed by atoms with E-state index in [4.69, 9.17) is 0 Å². The van der Waals surface area contributed by atoms with Gasteiger partial charge in [-0.25, -0.2) is 0 Å². The van der Waals surface area contributed by atoms with Gasteiger partial charge in [-0.05, 0) is 111 Å². The van der Waals surface area contributed by atoms with Crippen LogP contribution in [0.15, 0.2) is 0 Å². The molecule has 5 aliphatic carbocycles. The number of rotatable bonds is 5. The van der Waals surface area contributed by atoms with Crippen molar-refractivity contribution in [3.63, 3.8) is 0 Å². The first kappa shape index (κ1) is 26.1. The van der Waals surface area contributed by atoms with E-state index >= 15 is 0 Å². The molecule has 0 aromatic carbocycles. The minimum absolute atomic E-state index is 0.0300. The maximum Gasteiger partial charge on any atom is 0.138 e. The number of fused-ring (bicyclic) bond motifs is 2. The van der Waals surface area contributed by atoms with Crippen molar-refractivity contribution in [3.05, 3.63) is 0 Å². The fourth-order valence-corrected chi connectivity index (χ4v) is 11.4. The molecule has 5 saturated carbocycles. The molecule has 0 aromatic heterocycles. The van der Waals surface area contributed by atoms with E-state index in [1.165, 1.54) is 26.7 Å². The van der Waals surface area contributed by atoms with E-state index in [1.54, 1.807) is 0 Å². The van der Waals surface area contributed by atoms with Gasteiger partial charge in [0.1, 0.15) is 11.9 Å². The van der Waals surface area contributed by atoms with Crippen LogP contribution in [0.3, 0.4) is 0 Å². The number of carbonyl (C=O) groups is 1. The van der Waals surface area contributed by atoms with Crippen molar-refractivity contribution in [2.24, 2.45) is 50.7 Å². The Balaban J connectivity index is 1.42. The van der Waals surface area contributed by atoms with E-state index in [2.05, 4.69) is 34.6 Å². The minimum atomic E-state index is -1.36. The Hall–Kier alpha value is -0.490. The molecule has 4 N–H and O–H groups in total. The summed E-state index contributed by atoms with van der Waals surface area (Å²) in [5, 5.41) is 42.9. The number of aliphatic hydroxyl groups is 4. The topological polar surface area (TPSA) is 98.0 Å². The van der Waals surface area contributed by atoms with Gasteiger partial charge in [0.2, 0.25) is 0 Å². The van der Waals surface area contributed by atoms with Crippen LogP contribution in [0, 0.1) is 50.7 Å². The molecule has 5 fully saturated rings. The zero-order chi connectivity index (χ0) is 26.0. The van der Waals surface area contributed by atoms with Gasteiger partial charge in [-0.3, -0.25) is 4.79 Å². The van der Waals surface area contributed by atoms with Crippen molar-refractivity contribution in [2.75, 3.05) is 0 Å². The van der Waals surface area contributed by atoms with Gasteiger partial charge in [0.05, 0.1) is 17.8 Å². The SMILES string of the molecule is CC(CC(O)C(O)C(C)(C)O)C1C(O)CC2(C)C3CCC4C(C)(C)C(=O)CCC45CC35CCC12C. The van der Waals surface area contributed by atoms with Crippen LogP contribution in [-0.2, 0) is 4.79 Å². The third kappa shape index (κ3) is 3.17. The summed E-state index contributed by atoms with van der Waals surface area (Å²) in [6.07, 6.45) is 6.14. The van der Waals surface area contributed by atoms with Crippen molar-refractivity contribution >= 4 is 5.78 Å². The highest BCUT2D eigenvalue weighted by Crippen LogP contribution is 2.88. The number of ketones is 1. The summed E-state index contributed by atoms with van der Waals surface area (Å²) in [5.74, 6) is 1.63. The fourth-order valence-electron chi connectivity index (χ4n) is 11.4. The Morgan fingerprint density at radius 1 is 0.971 bits per heavy atom. The molecule has 35 heavy (non-hydrogen) atoms. The van der Waals surface area contributed by atoms with Crippen LogP contribution in [0.1, 0.15) is 106 Å². The first-order chi connectivity index (χ1) is 16.0. The molecule has 0 aromatic rings. The summed E-state index contributed by atoms with van der Waals surface area (Å²) in [5.41, 5.74) is -0.924. The van der Waals surface area contributed by atoms with E-state index in [1.807, 2.05) is 0 Å². The molecule has 0 saturated heterocycles. The Morgan fingerprint density at radius 2 is 1.57 bits per heavy atom. The lowest BCUT2D eigenvalue weighted by Crippen LogP contribution is -2.57. The molecule has 5 aliphatic rings. The van der Waals surface area contributed by atoms with Crippen molar-refractivity contribution in [1.82, 2.24) is 0 Å². The third-order valence-electron chi connectivity index (χ3n) is 13.2. The summed E-state index contributed by atoms with van der Waals surface area (Å²) in [7, 11) is 0. The van der Waals surface area contributed by atoms with Crippen LogP contribution in [-0.4, -0.2) is 50.1 Å². The largest absolute Gasteiger partial charge is 0.393 e. The first-order valence-corrected chi connectivity index (χ1v) is 14.3. The highest BCUT2D eigenvalue weighted by atomic mass is 16.4. The summed E-state index contributed by atoms with van der Waals surface area (Å²) >= 11 is 0. The normalized spacial score (nSPS) is 50.9. The Bertz CT molecular complexity index is 892. The van der Waals surface area contributed by atoms with Crippen LogP contribution >= 0.6 is 0 Å². The number of Topliss-reactive ketones (excluding diaryl/α,β-unsaturated/α-hetero) is 1. The smallest absolute Gasteiger partial charge is 0.138 e. The predicted molar refractivity (Wildman–Crippen MR) is 135 cm³/mol. The average Bonchev–Trinajstić information content (AvgIpc) is 3.35. The lowest BCUT2D eigenvalue weighted by Gasteiger charge is -2.62. The minimum Gasteiger partial charge on any atom is -0.393 e. The van der Waals surface area contributed by atoms with Crippen LogP contribution in [0.4, 0.5) is 0 Å². The molecule has 0 aliphatic heterocycles. The highest BCUT2D eigenvalue weighted by Gasteiger charge is 2.82. The van der Waals surface area contributed by atoms with Crippen LogP contribution in [0.25, 0.3) is 0 Å². The quantitative estimate of drug-likeness (QED) is 0.455. The van der Waals surface area contributed by atoms with Gasteiger partial charge in [0.15, 0.2) is 0 Å². The van der Waals surface area contributed by atoms with E-state index < -0.39 is 23.9 Å². The molecule has 0 bridgehead atoms. The molecule has 0 heterocycles. The van der Waals surface area contributed by atoms with Gasteiger partial charge in [0, 0.05) is 11.8 Å². The molecule has 5 rings (SSSR count). The standard InChI is InChI=1S/C30H50O5/c1-17(14-18(31)24(34)26(4,5)35)23-19(32)15-28(7)21-9-8-20-25(2,3)22(33)10-11-29(20)16-30(21,29)13-12-27(23,28)6/h17-21,23-24,31-32,34-35H,8-16H2,1-7H3. The zero-order valence-electron chi connectivity index (χ0n) is 23.1. The third-order valence-corrected chi connectivity index (χ3v) is 13.2. The van der Waals surface area contributed by atoms with Crippen molar-refractivity contribution in [2.45, 2.75) is 130 Å². The second kappa shape index (κ2) is 7.55.